The van der Waals surface area contributed by atoms with Crippen LogP contribution in [0, 0.1) is 10.1 Å². The maximum Gasteiger partial charge on any atom is 0.271 e. The molecule has 0 saturated heterocycles. The van der Waals surface area contributed by atoms with Crippen LogP contribution in [0.25, 0.3) is 0 Å². The van der Waals surface area contributed by atoms with E-state index in [9.17, 15) is 23.3 Å². The molecule has 0 fully saturated rings. The Bertz CT molecular complexity index is 998. The number of anilines is 2. The molecule has 2 rings (SSSR count). The van der Waals surface area contributed by atoms with Crippen molar-refractivity contribution in [1.29, 1.82) is 0 Å². The van der Waals surface area contributed by atoms with Crippen LogP contribution in [0.1, 0.15) is 12.8 Å². The summed E-state index contributed by atoms with van der Waals surface area (Å²) in [7, 11) is -3.69. The topological polar surface area (TPSA) is 110 Å². The second-order valence-corrected chi connectivity index (χ2v) is 8.64. The first-order valence-electron chi connectivity index (χ1n) is 8.05. The van der Waals surface area contributed by atoms with Crippen molar-refractivity contribution in [2.45, 2.75) is 12.8 Å². The molecule has 0 heterocycles. The Labute approximate surface area is 172 Å². The Morgan fingerprint density at radius 3 is 2.57 bits per heavy atom. The van der Waals surface area contributed by atoms with Crippen LogP contribution in [0.15, 0.2) is 42.5 Å². The number of hydrogen-bond acceptors (Lipinski definition) is 5. The molecular formula is C17H17Cl2N3O5S. The first-order chi connectivity index (χ1) is 13.1. The summed E-state index contributed by atoms with van der Waals surface area (Å²) in [5.41, 5.74) is 0.298. The second-order valence-electron chi connectivity index (χ2n) is 5.89. The minimum absolute atomic E-state index is 0.0172. The number of halogens is 2. The Kier molecular flexibility index (Phi) is 7.22. The van der Waals surface area contributed by atoms with Gasteiger partial charge in [0.1, 0.15) is 0 Å². The molecule has 0 unspecified atom stereocenters. The number of rotatable bonds is 8. The number of nitro benzene ring substituents is 1. The molecule has 0 aliphatic rings. The molecular weight excluding hydrogens is 429 g/mol. The highest BCUT2D eigenvalue weighted by molar-refractivity contribution is 7.92. The fraction of sp³-hybridized carbons (Fsp3) is 0.235. The van der Waals surface area contributed by atoms with Gasteiger partial charge in [0.2, 0.25) is 15.9 Å². The van der Waals surface area contributed by atoms with Crippen molar-refractivity contribution in [3.63, 3.8) is 0 Å². The van der Waals surface area contributed by atoms with E-state index in [1.807, 2.05) is 0 Å². The van der Waals surface area contributed by atoms with Gasteiger partial charge in [0.05, 0.1) is 27.6 Å². The van der Waals surface area contributed by atoms with Gasteiger partial charge in [-0.25, -0.2) is 8.42 Å². The number of amides is 1. The molecule has 150 valence electrons. The minimum atomic E-state index is -3.69. The molecule has 1 amide bonds. The van der Waals surface area contributed by atoms with Crippen LogP contribution in [0.4, 0.5) is 17.1 Å². The Balaban J connectivity index is 2.05. The summed E-state index contributed by atoms with van der Waals surface area (Å²) in [6.07, 6.45) is 1.21. The molecule has 0 aliphatic carbocycles. The van der Waals surface area contributed by atoms with Crippen LogP contribution in [-0.2, 0) is 14.8 Å². The average molecular weight is 446 g/mol. The number of hydrogen-bond donors (Lipinski definition) is 1. The largest absolute Gasteiger partial charge is 0.325 e. The summed E-state index contributed by atoms with van der Waals surface area (Å²) < 4.78 is 25.2. The predicted molar refractivity (Wildman–Crippen MR) is 110 cm³/mol. The van der Waals surface area contributed by atoms with E-state index in [-0.39, 0.29) is 36.7 Å². The van der Waals surface area contributed by atoms with Crippen molar-refractivity contribution in [2.24, 2.45) is 0 Å². The molecule has 8 nitrogen and oxygen atoms in total. The summed E-state index contributed by atoms with van der Waals surface area (Å²) in [5, 5.41) is 14.3. The van der Waals surface area contributed by atoms with Crippen LogP contribution >= 0.6 is 23.2 Å². The quantitative estimate of drug-likeness (QED) is 0.485. The molecule has 0 aromatic heterocycles. The zero-order valence-electron chi connectivity index (χ0n) is 14.8. The molecule has 0 spiro atoms. The van der Waals surface area contributed by atoms with Gasteiger partial charge >= 0.3 is 0 Å². The van der Waals surface area contributed by atoms with Gasteiger partial charge < -0.3 is 5.32 Å². The van der Waals surface area contributed by atoms with Crippen LogP contribution < -0.4 is 9.62 Å². The predicted octanol–water partition coefficient (Wildman–Crippen LogP) is 4.09. The molecule has 2 aromatic rings. The lowest BCUT2D eigenvalue weighted by Gasteiger charge is -2.22. The van der Waals surface area contributed by atoms with Crippen molar-refractivity contribution in [3.8, 4) is 0 Å². The van der Waals surface area contributed by atoms with Gasteiger partial charge in [-0.2, -0.15) is 0 Å². The van der Waals surface area contributed by atoms with Crippen molar-refractivity contribution < 1.29 is 18.1 Å². The number of nitro groups is 1. The van der Waals surface area contributed by atoms with Crippen LogP contribution in [0.2, 0.25) is 10.0 Å². The molecule has 11 heteroatoms. The number of nitrogens with one attached hydrogen (secondary N) is 1. The van der Waals surface area contributed by atoms with Crippen LogP contribution in [0.5, 0.6) is 0 Å². The minimum Gasteiger partial charge on any atom is -0.325 e. The number of benzene rings is 2. The molecule has 0 radical (unpaired) electrons. The maximum absolute atomic E-state index is 12.1. The summed E-state index contributed by atoms with van der Waals surface area (Å²) in [6.45, 7) is -0.0172. The zero-order chi connectivity index (χ0) is 20.9. The van der Waals surface area contributed by atoms with E-state index in [0.717, 1.165) is 10.6 Å². The van der Waals surface area contributed by atoms with Gasteiger partial charge in [0, 0.05) is 30.1 Å². The fourth-order valence-electron chi connectivity index (χ4n) is 2.44. The fourth-order valence-corrected chi connectivity index (χ4v) is 3.73. The molecule has 0 atom stereocenters. The smallest absolute Gasteiger partial charge is 0.271 e. The van der Waals surface area contributed by atoms with E-state index in [1.165, 1.54) is 30.3 Å². The van der Waals surface area contributed by atoms with Crippen LogP contribution in [-0.4, -0.2) is 32.0 Å². The highest BCUT2D eigenvalue weighted by atomic mass is 35.5. The monoisotopic (exact) mass is 445 g/mol. The Morgan fingerprint density at radius 2 is 1.93 bits per heavy atom. The Hall–Kier alpha value is -2.36. The molecule has 0 saturated carbocycles. The zero-order valence-corrected chi connectivity index (χ0v) is 17.1. The van der Waals surface area contributed by atoms with E-state index in [0.29, 0.717) is 15.7 Å². The first kappa shape index (κ1) is 21.9. The van der Waals surface area contributed by atoms with Gasteiger partial charge in [-0.05, 0) is 30.7 Å². The maximum atomic E-state index is 12.1. The van der Waals surface area contributed by atoms with E-state index in [4.69, 9.17) is 23.2 Å². The van der Waals surface area contributed by atoms with E-state index in [2.05, 4.69) is 5.32 Å². The molecule has 1 N–H and O–H groups in total. The van der Waals surface area contributed by atoms with Gasteiger partial charge in [-0.15, -0.1) is 0 Å². The second kappa shape index (κ2) is 9.22. The highest BCUT2D eigenvalue weighted by Crippen LogP contribution is 2.26. The average Bonchev–Trinajstić information content (AvgIpc) is 2.61. The van der Waals surface area contributed by atoms with Crippen molar-refractivity contribution >= 4 is 56.2 Å². The molecule has 0 aliphatic heterocycles. The van der Waals surface area contributed by atoms with Gasteiger partial charge in [0.25, 0.3) is 5.69 Å². The molecule has 2 aromatic carbocycles. The third kappa shape index (κ3) is 6.08. The number of carbonyl (C=O) groups excluding carboxylic acids is 1. The summed E-state index contributed by atoms with van der Waals surface area (Å²) in [6, 6.07) is 9.95. The number of carbonyl (C=O) groups is 1. The molecule has 28 heavy (non-hydrogen) atoms. The lowest BCUT2D eigenvalue weighted by Crippen LogP contribution is -2.31. The molecule has 0 bridgehead atoms. The van der Waals surface area contributed by atoms with E-state index >= 15 is 0 Å². The van der Waals surface area contributed by atoms with Crippen molar-refractivity contribution in [3.05, 3.63) is 62.6 Å². The summed E-state index contributed by atoms with van der Waals surface area (Å²) in [4.78, 5) is 22.4. The van der Waals surface area contributed by atoms with Gasteiger partial charge in [-0.1, -0.05) is 29.3 Å². The lowest BCUT2D eigenvalue weighted by atomic mass is 10.2. The van der Waals surface area contributed by atoms with E-state index < -0.39 is 14.9 Å². The third-order valence-corrected chi connectivity index (χ3v) is 5.46. The number of sulfonamides is 1. The highest BCUT2D eigenvalue weighted by Gasteiger charge is 2.20. The third-order valence-electron chi connectivity index (χ3n) is 3.70. The van der Waals surface area contributed by atoms with Gasteiger partial charge in [-0.3, -0.25) is 19.2 Å². The SMILES string of the molecule is CS(=O)(=O)N(CCCC(=O)Nc1cc(Cl)ccc1Cl)c1cccc([N+](=O)[O-])c1. The summed E-state index contributed by atoms with van der Waals surface area (Å²) >= 11 is 11.9. The lowest BCUT2D eigenvalue weighted by molar-refractivity contribution is -0.384. The number of non-ortho nitro benzene ring substituents is 1. The number of nitrogens with zero attached hydrogens (tertiary/aromatic N) is 2. The standard InChI is InChI=1S/C17H17Cl2N3O5S/c1-28(26,27)21(13-4-2-5-14(11-13)22(24)25)9-3-6-17(23)20-16-10-12(18)7-8-15(16)19/h2,4-5,7-8,10-11H,3,6,9H2,1H3,(H,20,23). The first-order valence-corrected chi connectivity index (χ1v) is 10.7. The van der Waals surface area contributed by atoms with Crippen LogP contribution in [0.3, 0.4) is 0 Å². The summed E-state index contributed by atoms with van der Waals surface area (Å²) in [5.74, 6) is -0.364. The van der Waals surface area contributed by atoms with E-state index in [1.54, 1.807) is 12.1 Å². The normalized spacial score (nSPS) is 11.1. The van der Waals surface area contributed by atoms with Crippen molar-refractivity contribution in [1.82, 2.24) is 0 Å². The van der Waals surface area contributed by atoms with Crippen molar-refractivity contribution in [2.75, 3.05) is 22.4 Å². The Morgan fingerprint density at radius 1 is 1.21 bits per heavy atom. The van der Waals surface area contributed by atoms with Gasteiger partial charge in [0.15, 0.2) is 0 Å².